The Kier molecular flexibility index (Phi) is 5.29. The molecule has 1 rings (SSSR count). The second kappa shape index (κ2) is 6.30. The molecule has 0 saturated heterocycles. The number of carbonyl (C=O) groups is 1. The summed E-state index contributed by atoms with van der Waals surface area (Å²) in [6.07, 6.45) is 0. The molecule has 0 radical (unpaired) electrons. The molecule has 3 nitrogen and oxygen atoms in total. The Bertz CT molecular complexity index is 431. The van der Waals surface area contributed by atoms with Crippen molar-refractivity contribution in [2.24, 2.45) is 0 Å². The zero-order chi connectivity index (χ0) is 13.8. The predicted octanol–water partition coefficient (Wildman–Crippen LogP) is 2.97. The van der Waals surface area contributed by atoms with Gasteiger partial charge in [0.15, 0.2) is 0 Å². The summed E-state index contributed by atoms with van der Waals surface area (Å²) < 4.78 is 5.19. The molecule has 1 aromatic rings. The average molecular weight is 290 g/mol. The molecule has 5 heteroatoms. The van der Waals surface area contributed by atoms with Crippen LogP contribution in [0.1, 0.15) is 22.8 Å². The lowest BCUT2D eigenvalue weighted by molar-refractivity contribution is 0.0921. The van der Waals surface area contributed by atoms with Crippen LogP contribution in [0.2, 0.25) is 0 Å². The van der Waals surface area contributed by atoms with Crippen molar-refractivity contribution in [2.45, 2.75) is 19.4 Å². The summed E-state index contributed by atoms with van der Waals surface area (Å²) in [6, 6.07) is 5.29. The summed E-state index contributed by atoms with van der Waals surface area (Å²) >= 11 is 11.6. The molecule has 0 fully saturated rings. The van der Waals surface area contributed by atoms with Crippen molar-refractivity contribution in [3.63, 3.8) is 0 Å². The Morgan fingerprint density at radius 1 is 1.39 bits per heavy atom. The molecule has 1 N–H and O–H groups in total. The van der Waals surface area contributed by atoms with E-state index in [4.69, 9.17) is 27.9 Å². The van der Waals surface area contributed by atoms with Crippen LogP contribution in [0.25, 0.3) is 0 Å². The normalized spacial score (nSPS) is 11.2. The number of aryl methyl sites for hydroxylation is 1. The van der Waals surface area contributed by atoms with Gasteiger partial charge in [0.25, 0.3) is 5.91 Å². The molecule has 0 aliphatic carbocycles. The van der Waals surface area contributed by atoms with E-state index >= 15 is 0 Å². The van der Waals surface area contributed by atoms with Gasteiger partial charge in [-0.05, 0) is 31.5 Å². The first kappa shape index (κ1) is 15.1. The molecule has 0 heterocycles. The first-order chi connectivity index (χ1) is 8.45. The number of nitrogens with one attached hydrogen (secondary N) is 1. The highest BCUT2D eigenvalue weighted by atomic mass is 35.5. The van der Waals surface area contributed by atoms with Crippen LogP contribution < -0.4 is 10.1 Å². The van der Waals surface area contributed by atoms with Crippen molar-refractivity contribution in [2.75, 3.05) is 18.9 Å². The van der Waals surface area contributed by atoms with E-state index in [-0.39, 0.29) is 17.7 Å². The number of hydrogen-bond acceptors (Lipinski definition) is 2. The van der Waals surface area contributed by atoms with E-state index in [2.05, 4.69) is 5.32 Å². The smallest absolute Gasteiger partial charge is 0.251 e. The lowest BCUT2D eigenvalue weighted by Gasteiger charge is -2.26. The van der Waals surface area contributed by atoms with E-state index in [1.54, 1.807) is 26.2 Å². The van der Waals surface area contributed by atoms with Crippen molar-refractivity contribution in [3.05, 3.63) is 29.3 Å². The van der Waals surface area contributed by atoms with Crippen molar-refractivity contribution in [1.29, 1.82) is 0 Å². The molecule has 0 unspecified atom stereocenters. The molecule has 0 bridgehead atoms. The number of amides is 1. The molecule has 0 aliphatic heterocycles. The minimum absolute atomic E-state index is 0.211. The summed E-state index contributed by atoms with van der Waals surface area (Å²) in [5.41, 5.74) is 0.892. The molecular weight excluding hydrogens is 273 g/mol. The van der Waals surface area contributed by atoms with Crippen LogP contribution in [0, 0.1) is 6.92 Å². The van der Waals surface area contributed by atoms with Gasteiger partial charge in [-0.3, -0.25) is 4.79 Å². The summed E-state index contributed by atoms with van der Waals surface area (Å²) in [7, 11) is 1.58. The first-order valence-electron chi connectivity index (χ1n) is 5.55. The summed E-state index contributed by atoms with van der Waals surface area (Å²) in [6.45, 7) is 3.72. The molecule has 1 aromatic carbocycles. The quantitative estimate of drug-likeness (QED) is 0.847. The Morgan fingerprint density at radius 2 is 2.00 bits per heavy atom. The number of rotatable bonds is 5. The fourth-order valence-corrected chi connectivity index (χ4v) is 1.83. The van der Waals surface area contributed by atoms with Crippen molar-refractivity contribution in [1.82, 2.24) is 5.32 Å². The largest absolute Gasteiger partial charge is 0.496 e. The van der Waals surface area contributed by atoms with Crippen molar-refractivity contribution in [3.8, 4) is 5.75 Å². The number of methoxy groups -OCH3 is 1. The number of benzene rings is 1. The van der Waals surface area contributed by atoms with Crippen LogP contribution in [0.3, 0.4) is 0 Å². The van der Waals surface area contributed by atoms with E-state index in [9.17, 15) is 4.79 Å². The van der Waals surface area contributed by atoms with E-state index in [1.807, 2.05) is 13.0 Å². The Morgan fingerprint density at radius 3 is 2.50 bits per heavy atom. The summed E-state index contributed by atoms with van der Waals surface area (Å²) in [5, 5.41) is 2.82. The van der Waals surface area contributed by atoms with E-state index in [0.717, 1.165) is 5.56 Å². The molecule has 0 aliphatic rings. The minimum atomic E-state index is -0.613. The molecule has 0 atom stereocenters. The molecular formula is C13H17Cl2NO2. The standard InChI is InChI=1S/C13H17Cl2NO2/c1-9-4-5-10(6-11(9)18-3)12(17)16-13(2,7-14)8-15/h4-6H,7-8H2,1-3H3,(H,16,17). The number of halogens is 2. The first-order valence-corrected chi connectivity index (χ1v) is 6.62. The lowest BCUT2D eigenvalue weighted by Crippen LogP contribution is -2.49. The van der Waals surface area contributed by atoms with E-state index in [0.29, 0.717) is 11.3 Å². The molecule has 100 valence electrons. The van der Waals surface area contributed by atoms with Crippen LogP contribution in [0.5, 0.6) is 5.75 Å². The highest BCUT2D eigenvalue weighted by Gasteiger charge is 2.25. The predicted molar refractivity (Wildman–Crippen MR) is 75.0 cm³/mol. The van der Waals surface area contributed by atoms with Crippen LogP contribution in [0.15, 0.2) is 18.2 Å². The number of carbonyl (C=O) groups excluding carboxylic acids is 1. The van der Waals surface area contributed by atoms with Gasteiger partial charge < -0.3 is 10.1 Å². The van der Waals surface area contributed by atoms with Gasteiger partial charge in [0.05, 0.1) is 12.6 Å². The van der Waals surface area contributed by atoms with Gasteiger partial charge in [0, 0.05) is 17.3 Å². The van der Waals surface area contributed by atoms with Crippen molar-refractivity contribution < 1.29 is 9.53 Å². The van der Waals surface area contributed by atoms with E-state index in [1.165, 1.54) is 0 Å². The fraction of sp³-hybridized carbons (Fsp3) is 0.462. The molecule has 0 aromatic heterocycles. The van der Waals surface area contributed by atoms with E-state index < -0.39 is 5.54 Å². The second-order valence-electron chi connectivity index (χ2n) is 4.47. The van der Waals surface area contributed by atoms with Gasteiger partial charge in [-0.2, -0.15) is 0 Å². The molecule has 1 amide bonds. The van der Waals surface area contributed by atoms with Gasteiger partial charge in [0.2, 0.25) is 0 Å². The topological polar surface area (TPSA) is 38.3 Å². The minimum Gasteiger partial charge on any atom is -0.496 e. The van der Waals surface area contributed by atoms with Crippen LogP contribution in [-0.2, 0) is 0 Å². The van der Waals surface area contributed by atoms with Gasteiger partial charge >= 0.3 is 0 Å². The maximum atomic E-state index is 12.1. The van der Waals surface area contributed by atoms with Gasteiger partial charge in [-0.25, -0.2) is 0 Å². The third kappa shape index (κ3) is 3.53. The number of alkyl halides is 2. The van der Waals surface area contributed by atoms with Crippen LogP contribution >= 0.6 is 23.2 Å². The average Bonchev–Trinajstić information content (AvgIpc) is 2.39. The van der Waals surface area contributed by atoms with Crippen LogP contribution in [-0.4, -0.2) is 30.3 Å². The highest BCUT2D eigenvalue weighted by molar-refractivity contribution is 6.22. The van der Waals surface area contributed by atoms with Crippen molar-refractivity contribution >= 4 is 29.1 Å². The maximum absolute atomic E-state index is 12.1. The third-order valence-electron chi connectivity index (χ3n) is 2.68. The zero-order valence-corrected chi connectivity index (χ0v) is 12.2. The van der Waals surface area contributed by atoms with Gasteiger partial charge in [-0.15, -0.1) is 23.2 Å². The van der Waals surface area contributed by atoms with Crippen LogP contribution in [0.4, 0.5) is 0 Å². The number of hydrogen-bond donors (Lipinski definition) is 1. The Hall–Kier alpha value is -0.930. The van der Waals surface area contributed by atoms with Gasteiger partial charge in [-0.1, -0.05) is 6.07 Å². The summed E-state index contributed by atoms with van der Waals surface area (Å²) in [5.74, 6) is 0.981. The second-order valence-corrected chi connectivity index (χ2v) is 5.00. The summed E-state index contributed by atoms with van der Waals surface area (Å²) in [4.78, 5) is 12.1. The lowest BCUT2D eigenvalue weighted by atomic mass is 10.1. The molecule has 0 saturated carbocycles. The van der Waals surface area contributed by atoms with Gasteiger partial charge in [0.1, 0.15) is 5.75 Å². The maximum Gasteiger partial charge on any atom is 0.251 e. The molecule has 18 heavy (non-hydrogen) atoms. The SMILES string of the molecule is COc1cc(C(=O)NC(C)(CCl)CCl)ccc1C. The number of ether oxygens (including phenoxy) is 1. The fourth-order valence-electron chi connectivity index (χ4n) is 1.41. The Balaban J connectivity index is 2.91. The highest BCUT2D eigenvalue weighted by Crippen LogP contribution is 2.19. The Labute approximate surface area is 117 Å². The molecule has 0 spiro atoms. The zero-order valence-electron chi connectivity index (χ0n) is 10.7. The monoisotopic (exact) mass is 289 g/mol. The third-order valence-corrected chi connectivity index (χ3v) is 3.86.